The van der Waals surface area contributed by atoms with Crippen molar-refractivity contribution in [1.82, 2.24) is 0 Å². The van der Waals surface area contributed by atoms with Gasteiger partial charge in [0, 0.05) is 17.7 Å². The molecule has 13 nitrogen and oxygen atoms in total. The van der Waals surface area contributed by atoms with Crippen LogP contribution < -0.4 is 4.74 Å². The Balaban J connectivity index is 1.68. The van der Waals surface area contributed by atoms with Gasteiger partial charge in [0.25, 0.3) is 0 Å². The minimum atomic E-state index is -2.06. The first kappa shape index (κ1) is 27.2. The molecule has 8 atom stereocenters. The Labute approximate surface area is 210 Å². The quantitative estimate of drug-likeness (QED) is 0.175. The van der Waals surface area contributed by atoms with E-state index in [1.165, 1.54) is 12.1 Å². The number of hydrogen-bond acceptors (Lipinski definition) is 13. The molecule has 4 rings (SSSR count). The van der Waals surface area contributed by atoms with Crippen LogP contribution in [0.3, 0.4) is 0 Å². The number of aliphatic hydroxyl groups excluding tert-OH is 5. The normalized spacial score (nSPS) is 33.8. The molecule has 13 heteroatoms. The molecule has 0 aliphatic carbocycles. The summed E-state index contributed by atoms with van der Waals surface area (Å²) in [4.78, 5) is 13.2. The first-order valence-corrected chi connectivity index (χ1v) is 11.3. The van der Waals surface area contributed by atoms with Gasteiger partial charge in [-0.15, -0.1) is 0 Å². The molecule has 2 fully saturated rings. The fourth-order valence-corrected chi connectivity index (χ4v) is 4.13. The van der Waals surface area contributed by atoms with Gasteiger partial charge in [0.1, 0.15) is 52.8 Å². The van der Waals surface area contributed by atoms with Crippen LogP contribution in [0.15, 0.2) is 42.5 Å². The van der Waals surface area contributed by atoms with E-state index in [0.717, 1.165) is 12.1 Å². The summed E-state index contributed by atoms with van der Waals surface area (Å²) in [5.41, 5.74) is -2.24. The summed E-state index contributed by atoms with van der Waals surface area (Å²) in [6, 6.07) is 9.79. The van der Waals surface area contributed by atoms with Crippen LogP contribution in [0.2, 0.25) is 0 Å². The van der Waals surface area contributed by atoms with Crippen LogP contribution in [0, 0.1) is 0 Å². The lowest BCUT2D eigenvalue weighted by molar-refractivity contribution is -0.319. The highest BCUT2D eigenvalue weighted by Gasteiger charge is 2.53. The van der Waals surface area contributed by atoms with E-state index >= 15 is 0 Å². The molecule has 0 radical (unpaired) electrons. The number of aliphatic hydroxyl groups is 6. The van der Waals surface area contributed by atoms with Gasteiger partial charge >= 0.3 is 0 Å². The van der Waals surface area contributed by atoms with Crippen molar-refractivity contribution in [3.63, 3.8) is 0 Å². The third-order valence-electron chi connectivity index (χ3n) is 6.27. The van der Waals surface area contributed by atoms with Crippen molar-refractivity contribution >= 4 is 5.78 Å². The predicted octanol–water partition coefficient (Wildman–Crippen LogP) is -2.03. The molecule has 2 aliphatic heterocycles. The highest BCUT2D eigenvalue weighted by molar-refractivity contribution is 6.12. The number of ketones is 1. The Hall–Kier alpha value is -2.85. The predicted molar refractivity (Wildman–Crippen MR) is 121 cm³/mol. The highest BCUT2D eigenvalue weighted by Crippen LogP contribution is 2.38. The fraction of sp³-hybridized carbons (Fsp3) is 0.458. The van der Waals surface area contributed by atoms with Gasteiger partial charge in [-0.25, -0.2) is 0 Å². The van der Waals surface area contributed by atoms with E-state index in [9.17, 15) is 45.6 Å². The van der Waals surface area contributed by atoms with Crippen molar-refractivity contribution in [1.29, 1.82) is 0 Å². The Bertz CT molecular complexity index is 1100. The fourth-order valence-electron chi connectivity index (χ4n) is 4.13. The maximum absolute atomic E-state index is 13.2. The molecule has 2 saturated heterocycles. The summed E-state index contributed by atoms with van der Waals surface area (Å²) in [7, 11) is 0. The molecule has 0 amide bonds. The lowest BCUT2D eigenvalue weighted by Crippen LogP contribution is -2.62. The Morgan fingerprint density at radius 2 is 1.73 bits per heavy atom. The second-order valence-electron chi connectivity index (χ2n) is 8.84. The first-order chi connectivity index (χ1) is 17.6. The van der Waals surface area contributed by atoms with E-state index in [-0.39, 0.29) is 16.9 Å². The molecular weight excluding hydrogens is 496 g/mol. The number of ether oxygens (including phenoxy) is 4. The zero-order chi connectivity index (χ0) is 26.9. The molecule has 202 valence electrons. The van der Waals surface area contributed by atoms with Crippen LogP contribution in [0.5, 0.6) is 17.2 Å². The topological polar surface area (TPSA) is 216 Å². The minimum absolute atomic E-state index is 0.181. The summed E-state index contributed by atoms with van der Waals surface area (Å²) in [6.45, 7) is -2.12. The van der Waals surface area contributed by atoms with Crippen LogP contribution in [0.4, 0.5) is 0 Å². The van der Waals surface area contributed by atoms with Gasteiger partial charge in [-0.1, -0.05) is 30.3 Å². The largest absolute Gasteiger partial charge is 0.508 e. The number of aromatic hydroxyl groups is 2. The first-order valence-electron chi connectivity index (χ1n) is 11.3. The summed E-state index contributed by atoms with van der Waals surface area (Å²) >= 11 is 0. The minimum Gasteiger partial charge on any atom is -0.508 e. The maximum Gasteiger partial charge on any atom is 0.229 e. The van der Waals surface area contributed by atoms with Crippen LogP contribution in [0.25, 0.3) is 0 Å². The molecule has 2 aromatic rings. The van der Waals surface area contributed by atoms with Gasteiger partial charge in [-0.05, 0) is 0 Å². The number of carbonyl (C=O) groups is 1. The number of phenolic OH excluding ortho intramolecular Hbond substituents is 2. The number of benzene rings is 2. The molecule has 2 heterocycles. The number of carbonyl (C=O) groups excluding carboxylic acids is 1. The van der Waals surface area contributed by atoms with Crippen molar-refractivity contribution in [2.45, 2.75) is 48.7 Å². The standard InChI is InChI=1S/C24H28O13/c25-8-15-18(30)19(31)20(37-23-21(32)24(33,9-26)10-34-23)22(36-15)35-14-7-12(27)6-13(28)16(14)17(29)11-4-2-1-3-5-11/h1-7,15,18-23,25-28,30-33H,8-10H2/t15-,18+,19+,20-,21+,22-,23+,24-/m1/s1. The van der Waals surface area contributed by atoms with Gasteiger partial charge in [0.05, 0.1) is 19.8 Å². The number of phenols is 2. The summed E-state index contributed by atoms with van der Waals surface area (Å²) < 4.78 is 22.1. The molecular formula is C24H28O13. The van der Waals surface area contributed by atoms with Gasteiger partial charge in [-0.3, -0.25) is 4.79 Å². The summed E-state index contributed by atoms with van der Waals surface area (Å²) in [5, 5.41) is 81.2. The second-order valence-corrected chi connectivity index (χ2v) is 8.84. The molecule has 0 saturated carbocycles. The molecule has 8 N–H and O–H groups in total. The second kappa shape index (κ2) is 10.9. The third kappa shape index (κ3) is 5.27. The molecule has 37 heavy (non-hydrogen) atoms. The average molecular weight is 524 g/mol. The van der Waals surface area contributed by atoms with E-state index in [1.807, 2.05) is 0 Å². The zero-order valence-electron chi connectivity index (χ0n) is 19.3. The van der Waals surface area contributed by atoms with Crippen molar-refractivity contribution in [2.75, 3.05) is 19.8 Å². The van der Waals surface area contributed by atoms with Crippen LogP contribution in [-0.2, 0) is 14.2 Å². The Kier molecular flexibility index (Phi) is 7.99. The molecule has 2 aromatic carbocycles. The van der Waals surface area contributed by atoms with Gasteiger partial charge in [0.2, 0.25) is 12.1 Å². The summed E-state index contributed by atoms with van der Waals surface area (Å²) in [5.74, 6) is -2.17. The SMILES string of the molecule is O=C(c1ccccc1)c1c(O)cc(O)cc1O[C@@H]1O[C@H](CO)[C@H](O)[C@H](O)[C@H]1O[C@@H]1OC[C@](O)(CO)[C@H]1O. The van der Waals surface area contributed by atoms with E-state index in [2.05, 4.69) is 0 Å². The lowest BCUT2D eigenvalue weighted by Gasteiger charge is -2.42. The Morgan fingerprint density at radius 1 is 1.03 bits per heavy atom. The van der Waals surface area contributed by atoms with E-state index in [4.69, 9.17) is 18.9 Å². The van der Waals surface area contributed by atoms with E-state index in [1.54, 1.807) is 18.2 Å². The Morgan fingerprint density at radius 3 is 2.35 bits per heavy atom. The summed E-state index contributed by atoms with van der Waals surface area (Å²) in [6.07, 6.45) is -11.6. The van der Waals surface area contributed by atoms with Crippen molar-refractivity contribution in [3.8, 4) is 17.2 Å². The smallest absolute Gasteiger partial charge is 0.229 e. The van der Waals surface area contributed by atoms with Gasteiger partial charge < -0.3 is 59.8 Å². The van der Waals surface area contributed by atoms with Crippen molar-refractivity contribution in [2.24, 2.45) is 0 Å². The molecule has 0 spiro atoms. The molecule has 0 unspecified atom stereocenters. The molecule has 2 aliphatic rings. The number of rotatable bonds is 8. The molecule has 0 aromatic heterocycles. The maximum atomic E-state index is 13.2. The van der Waals surface area contributed by atoms with Crippen molar-refractivity contribution in [3.05, 3.63) is 53.6 Å². The van der Waals surface area contributed by atoms with Crippen LogP contribution in [-0.4, -0.2) is 115 Å². The number of hydrogen-bond donors (Lipinski definition) is 8. The monoisotopic (exact) mass is 524 g/mol. The zero-order valence-corrected chi connectivity index (χ0v) is 19.3. The van der Waals surface area contributed by atoms with E-state index in [0.29, 0.717) is 0 Å². The highest BCUT2D eigenvalue weighted by atomic mass is 16.8. The van der Waals surface area contributed by atoms with Crippen LogP contribution in [0.1, 0.15) is 15.9 Å². The third-order valence-corrected chi connectivity index (χ3v) is 6.27. The van der Waals surface area contributed by atoms with Gasteiger partial charge in [-0.2, -0.15) is 0 Å². The molecule has 0 bridgehead atoms. The van der Waals surface area contributed by atoms with Crippen LogP contribution >= 0.6 is 0 Å². The van der Waals surface area contributed by atoms with E-state index < -0.39 is 85.8 Å². The lowest BCUT2D eigenvalue weighted by atomic mass is 9.98. The average Bonchev–Trinajstić information content (AvgIpc) is 3.17. The van der Waals surface area contributed by atoms with Crippen molar-refractivity contribution < 1.29 is 64.6 Å². The van der Waals surface area contributed by atoms with Gasteiger partial charge in [0.15, 0.2) is 12.4 Å².